The average molecular weight is 354 g/mol. The highest BCUT2D eigenvalue weighted by molar-refractivity contribution is 8.13. The third-order valence-electron chi connectivity index (χ3n) is 1.47. The molecule has 0 saturated carbocycles. The van der Waals surface area contributed by atoms with Gasteiger partial charge < -0.3 is 4.74 Å². The first kappa shape index (κ1) is 15.5. The van der Waals surface area contributed by atoms with Crippen LogP contribution >= 0.6 is 69.8 Å². The molecule has 0 aliphatic rings. The molecular weight excluding hydrogens is 349 g/mol. The molecule has 8 heteroatoms. The third kappa shape index (κ3) is 5.77. The number of carbonyl (C=O) groups is 1. The molecule has 0 N–H and O–H groups in total. The van der Waals surface area contributed by atoms with Crippen molar-refractivity contribution < 1.29 is 9.53 Å². The van der Waals surface area contributed by atoms with Gasteiger partial charge in [0.15, 0.2) is 0 Å². The summed E-state index contributed by atoms with van der Waals surface area (Å²) in [4.78, 5) is 12.0. The molecule has 94 valence electrons. The maximum atomic E-state index is 11.4. The van der Waals surface area contributed by atoms with Crippen molar-refractivity contribution in [2.24, 2.45) is 0 Å². The predicted molar refractivity (Wildman–Crippen MR) is 73.7 cm³/mol. The molecular formula is C9H5Cl5O2S. The Hall–Kier alpha value is 0.490. The Morgan fingerprint density at radius 2 is 1.76 bits per heavy atom. The number of hydrogen-bond acceptors (Lipinski definition) is 3. The van der Waals surface area contributed by atoms with Gasteiger partial charge in [-0.25, -0.2) is 4.79 Å². The van der Waals surface area contributed by atoms with Crippen LogP contribution in [0.25, 0.3) is 0 Å². The lowest BCUT2D eigenvalue weighted by Crippen LogP contribution is -2.24. The summed E-state index contributed by atoms with van der Waals surface area (Å²) in [6.07, 6.45) is 0. The molecule has 0 aliphatic carbocycles. The molecule has 0 saturated heterocycles. The standard InChI is InChI=1S/C9H5Cl5O2S/c10-5-1-3-6(4-2-5)17-8(15)16-7(11)9(12,13)14/h1-4,7H. The molecule has 0 amide bonds. The maximum Gasteiger partial charge on any atom is 0.373 e. The van der Waals surface area contributed by atoms with Gasteiger partial charge in [-0.15, -0.1) is 0 Å². The number of benzene rings is 1. The minimum Gasteiger partial charge on any atom is -0.433 e. The van der Waals surface area contributed by atoms with Crippen molar-refractivity contribution in [1.29, 1.82) is 0 Å². The molecule has 1 unspecified atom stereocenters. The minimum absolute atomic E-state index is 0.569. The van der Waals surface area contributed by atoms with Crippen molar-refractivity contribution in [2.75, 3.05) is 0 Å². The molecule has 0 bridgehead atoms. The van der Waals surface area contributed by atoms with Gasteiger partial charge in [-0.2, -0.15) is 0 Å². The topological polar surface area (TPSA) is 26.3 Å². The van der Waals surface area contributed by atoms with Gasteiger partial charge in [-0.1, -0.05) is 58.0 Å². The molecule has 0 aromatic heterocycles. The lowest BCUT2D eigenvalue weighted by molar-refractivity contribution is 0.162. The van der Waals surface area contributed by atoms with E-state index in [1.807, 2.05) is 0 Å². The van der Waals surface area contributed by atoms with E-state index in [-0.39, 0.29) is 0 Å². The van der Waals surface area contributed by atoms with Crippen LogP contribution in [0, 0.1) is 0 Å². The van der Waals surface area contributed by atoms with E-state index in [1.165, 1.54) is 0 Å². The van der Waals surface area contributed by atoms with Crippen LogP contribution in [-0.4, -0.2) is 14.7 Å². The van der Waals surface area contributed by atoms with Crippen molar-refractivity contribution in [3.05, 3.63) is 29.3 Å². The van der Waals surface area contributed by atoms with Gasteiger partial charge in [0.25, 0.3) is 0 Å². The summed E-state index contributed by atoms with van der Waals surface area (Å²) in [6, 6.07) is 6.61. The summed E-state index contributed by atoms with van der Waals surface area (Å²) in [5.74, 6) is 0. The first-order valence-electron chi connectivity index (χ1n) is 4.14. The lowest BCUT2D eigenvalue weighted by atomic mass is 10.4. The van der Waals surface area contributed by atoms with E-state index in [0.717, 1.165) is 11.8 Å². The number of hydrogen-bond donors (Lipinski definition) is 0. The van der Waals surface area contributed by atoms with E-state index < -0.39 is 14.7 Å². The zero-order chi connectivity index (χ0) is 13.1. The molecule has 0 fully saturated rings. The number of thioether (sulfide) groups is 1. The van der Waals surface area contributed by atoms with E-state index in [0.29, 0.717) is 9.92 Å². The van der Waals surface area contributed by atoms with E-state index in [9.17, 15) is 4.79 Å². The molecule has 0 spiro atoms. The highest BCUT2D eigenvalue weighted by atomic mass is 35.6. The lowest BCUT2D eigenvalue weighted by Gasteiger charge is -2.17. The van der Waals surface area contributed by atoms with E-state index in [1.54, 1.807) is 24.3 Å². The van der Waals surface area contributed by atoms with Crippen LogP contribution in [0.1, 0.15) is 0 Å². The van der Waals surface area contributed by atoms with Crippen LogP contribution in [0.4, 0.5) is 4.79 Å². The van der Waals surface area contributed by atoms with Gasteiger partial charge in [0, 0.05) is 9.92 Å². The van der Waals surface area contributed by atoms with Gasteiger partial charge in [0.1, 0.15) is 0 Å². The maximum absolute atomic E-state index is 11.4. The van der Waals surface area contributed by atoms with Gasteiger partial charge in [-0.3, -0.25) is 0 Å². The van der Waals surface area contributed by atoms with Gasteiger partial charge in [0.2, 0.25) is 9.36 Å². The number of alkyl halides is 4. The fourth-order valence-corrected chi connectivity index (χ4v) is 1.78. The molecule has 17 heavy (non-hydrogen) atoms. The van der Waals surface area contributed by atoms with Crippen LogP contribution in [0.3, 0.4) is 0 Å². The number of ether oxygens (including phenoxy) is 1. The van der Waals surface area contributed by atoms with Crippen LogP contribution in [0.2, 0.25) is 5.02 Å². The number of rotatable bonds is 2. The molecule has 1 aromatic rings. The normalized spacial score (nSPS) is 13.2. The average Bonchev–Trinajstić information content (AvgIpc) is 2.20. The predicted octanol–water partition coefficient (Wildman–Crippen LogP) is 5.50. The second-order valence-corrected chi connectivity index (χ2v) is 6.99. The monoisotopic (exact) mass is 352 g/mol. The Morgan fingerprint density at radius 3 is 2.24 bits per heavy atom. The first-order chi connectivity index (χ1) is 7.79. The molecule has 1 rings (SSSR count). The zero-order valence-electron chi connectivity index (χ0n) is 8.00. The SMILES string of the molecule is O=C(OC(Cl)C(Cl)(Cl)Cl)Sc1ccc(Cl)cc1. The second kappa shape index (κ2) is 6.60. The molecule has 0 heterocycles. The van der Waals surface area contributed by atoms with Crippen LogP contribution in [0.5, 0.6) is 0 Å². The highest BCUT2D eigenvalue weighted by Gasteiger charge is 2.34. The Kier molecular flexibility index (Phi) is 6.03. The summed E-state index contributed by atoms with van der Waals surface area (Å²) < 4.78 is 2.85. The van der Waals surface area contributed by atoms with Gasteiger partial charge >= 0.3 is 5.30 Å². The van der Waals surface area contributed by atoms with Crippen LogP contribution < -0.4 is 0 Å². The van der Waals surface area contributed by atoms with Crippen molar-refractivity contribution >= 4 is 75.1 Å². The van der Waals surface area contributed by atoms with Crippen molar-refractivity contribution in [3.63, 3.8) is 0 Å². The smallest absolute Gasteiger partial charge is 0.373 e. The van der Waals surface area contributed by atoms with Gasteiger partial charge in [-0.05, 0) is 36.0 Å². The van der Waals surface area contributed by atoms with Gasteiger partial charge in [0.05, 0.1) is 0 Å². The van der Waals surface area contributed by atoms with E-state index >= 15 is 0 Å². The molecule has 1 aromatic carbocycles. The highest BCUT2D eigenvalue weighted by Crippen LogP contribution is 2.36. The van der Waals surface area contributed by atoms with Crippen molar-refractivity contribution in [2.45, 2.75) is 14.3 Å². The molecule has 2 nitrogen and oxygen atoms in total. The second-order valence-electron chi connectivity index (χ2n) is 2.78. The number of halogens is 5. The van der Waals surface area contributed by atoms with E-state index in [4.69, 9.17) is 62.7 Å². The molecule has 0 radical (unpaired) electrons. The zero-order valence-corrected chi connectivity index (χ0v) is 12.6. The fourth-order valence-electron chi connectivity index (χ4n) is 0.774. The van der Waals surface area contributed by atoms with Crippen molar-refractivity contribution in [1.82, 2.24) is 0 Å². The minimum atomic E-state index is -1.86. The molecule has 1 atom stereocenters. The van der Waals surface area contributed by atoms with Crippen molar-refractivity contribution in [3.8, 4) is 0 Å². The van der Waals surface area contributed by atoms with Crippen LogP contribution in [0.15, 0.2) is 29.2 Å². The Morgan fingerprint density at radius 1 is 1.24 bits per heavy atom. The third-order valence-corrected chi connectivity index (χ3v) is 3.84. The molecule has 0 aliphatic heterocycles. The number of carbonyl (C=O) groups excluding carboxylic acids is 1. The summed E-state index contributed by atoms with van der Waals surface area (Å²) in [5.41, 5.74) is -1.35. The first-order valence-corrected chi connectivity index (χ1v) is 6.90. The van der Waals surface area contributed by atoms with E-state index in [2.05, 4.69) is 0 Å². The van der Waals surface area contributed by atoms with Crippen LogP contribution in [-0.2, 0) is 4.74 Å². The summed E-state index contributed by atoms with van der Waals surface area (Å²) in [5, 5.41) is -0.0992. The Balaban J connectivity index is 2.53. The Bertz CT molecular complexity index is 389. The summed E-state index contributed by atoms with van der Waals surface area (Å²) >= 11 is 28.4. The largest absolute Gasteiger partial charge is 0.433 e. The fraction of sp³-hybridized carbons (Fsp3) is 0.222. The summed E-state index contributed by atoms with van der Waals surface area (Å²) in [6.45, 7) is 0. The quantitative estimate of drug-likeness (QED) is 0.398. The Labute approximate surface area is 127 Å². The summed E-state index contributed by atoms with van der Waals surface area (Å²) in [7, 11) is 0.